The van der Waals surface area contributed by atoms with Crippen molar-refractivity contribution in [2.45, 2.75) is 20.4 Å². The lowest BCUT2D eigenvalue weighted by Crippen LogP contribution is -2.14. The smallest absolute Gasteiger partial charge is 0.133 e. The van der Waals surface area contributed by atoms with Gasteiger partial charge in [-0.05, 0) is 6.07 Å². The van der Waals surface area contributed by atoms with Gasteiger partial charge in [-0.15, -0.1) is 0 Å². The quantitative estimate of drug-likeness (QED) is 0.549. The normalized spacial score (nSPS) is 8.50. The molecule has 12 heavy (non-hydrogen) atoms. The van der Waals surface area contributed by atoms with E-state index in [1.54, 1.807) is 12.5 Å². The van der Waals surface area contributed by atoms with Crippen molar-refractivity contribution in [2.75, 3.05) is 6.54 Å². The third-order valence-electron chi connectivity index (χ3n) is 1.14. The molecule has 3 heteroatoms. The minimum atomic E-state index is 0.394. The van der Waals surface area contributed by atoms with Gasteiger partial charge in [-0.2, -0.15) is 0 Å². The highest BCUT2D eigenvalue weighted by Crippen LogP contribution is 1.97. The van der Waals surface area contributed by atoms with Crippen molar-refractivity contribution < 1.29 is 9.21 Å². The Morgan fingerprint density at radius 3 is 2.83 bits per heavy atom. The van der Waals surface area contributed by atoms with Crippen LogP contribution in [0.25, 0.3) is 0 Å². The van der Waals surface area contributed by atoms with Crippen molar-refractivity contribution in [3.05, 3.63) is 24.2 Å². The van der Waals surface area contributed by atoms with Crippen LogP contribution in [0.5, 0.6) is 0 Å². The van der Waals surface area contributed by atoms with Gasteiger partial charge in [0.05, 0.1) is 19.1 Å². The molecule has 1 rings (SSSR count). The molecule has 0 saturated heterocycles. The predicted molar refractivity (Wildman–Crippen MR) is 47.8 cm³/mol. The van der Waals surface area contributed by atoms with Gasteiger partial charge >= 0.3 is 0 Å². The molecular formula is C9H15NO2. The minimum absolute atomic E-state index is 0.394. The Labute approximate surface area is 72.8 Å². The molecule has 0 aromatic carbocycles. The molecule has 0 aliphatic rings. The topological polar surface area (TPSA) is 42.2 Å². The lowest BCUT2D eigenvalue weighted by Gasteiger charge is -1.93. The maximum atomic E-state index is 9.85. The summed E-state index contributed by atoms with van der Waals surface area (Å²) in [5.41, 5.74) is 1.06. The summed E-state index contributed by atoms with van der Waals surface area (Å²) >= 11 is 0. The second-order valence-corrected chi connectivity index (χ2v) is 1.93. The van der Waals surface area contributed by atoms with Crippen molar-refractivity contribution in [1.29, 1.82) is 0 Å². The van der Waals surface area contributed by atoms with Crippen LogP contribution < -0.4 is 5.32 Å². The molecule has 1 aromatic heterocycles. The zero-order valence-corrected chi connectivity index (χ0v) is 7.54. The van der Waals surface area contributed by atoms with Crippen molar-refractivity contribution >= 4 is 6.29 Å². The van der Waals surface area contributed by atoms with Gasteiger partial charge in [0.25, 0.3) is 0 Å². The van der Waals surface area contributed by atoms with E-state index in [0.717, 1.165) is 11.8 Å². The number of carbonyl (C=O) groups is 1. The average Bonchev–Trinajstić information content (AvgIpc) is 2.61. The summed E-state index contributed by atoms with van der Waals surface area (Å²) in [6, 6.07) is 1.86. The number of carbonyl (C=O) groups excluding carboxylic acids is 1. The van der Waals surface area contributed by atoms with E-state index in [2.05, 4.69) is 5.32 Å². The summed E-state index contributed by atoms with van der Waals surface area (Å²) in [7, 11) is 0. The molecule has 0 saturated carbocycles. The number of furan rings is 1. The molecule has 3 nitrogen and oxygen atoms in total. The summed E-state index contributed by atoms with van der Waals surface area (Å²) in [6.07, 6.45) is 4.09. The van der Waals surface area contributed by atoms with Crippen LogP contribution in [0, 0.1) is 0 Å². The van der Waals surface area contributed by atoms with E-state index in [4.69, 9.17) is 4.42 Å². The monoisotopic (exact) mass is 169 g/mol. The van der Waals surface area contributed by atoms with E-state index in [9.17, 15) is 4.79 Å². The second-order valence-electron chi connectivity index (χ2n) is 1.93. The molecule has 0 aliphatic heterocycles. The van der Waals surface area contributed by atoms with Crippen LogP contribution in [-0.2, 0) is 11.3 Å². The molecular weight excluding hydrogens is 154 g/mol. The van der Waals surface area contributed by atoms with Gasteiger partial charge in [-0.1, -0.05) is 13.8 Å². The Kier molecular flexibility index (Phi) is 7.28. The summed E-state index contributed by atoms with van der Waals surface area (Å²) in [5, 5.41) is 2.91. The first-order valence-corrected chi connectivity index (χ1v) is 4.09. The molecule has 0 amide bonds. The molecule has 1 N–H and O–H groups in total. The predicted octanol–water partition coefficient (Wildman–Crippen LogP) is 1.59. The van der Waals surface area contributed by atoms with E-state index in [-0.39, 0.29) is 0 Å². The third-order valence-corrected chi connectivity index (χ3v) is 1.14. The highest BCUT2D eigenvalue weighted by atomic mass is 16.3. The van der Waals surface area contributed by atoms with Crippen LogP contribution >= 0.6 is 0 Å². The first-order valence-electron chi connectivity index (χ1n) is 4.09. The average molecular weight is 169 g/mol. The van der Waals surface area contributed by atoms with Crippen molar-refractivity contribution in [2.24, 2.45) is 0 Å². The standard InChI is InChI=1S/C7H9NO2.C2H6/c9-3-2-8-5-7-1-4-10-6-7;1-2/h1,3-4,6,8H,2,5H2;1-2H3. The molecule has 0 unspecified atom stereocenters. The first-order chi connectivity index (χ1) is 5.93. The van der Waals surface area contributed by atoms with Crippen LogP contribution in [0.3, 0.4) is 0 Å². The molecule has 0 atom stereocenters. The van der Waals surface area contributed by atoms with Gasteiger partial charge < -0.3 is 14.5 Å². The minimum Gasteiger partial charge on any atom is -0.472 e. The molecule has 0 radical (unpaired) electrons. The van der Waals surface area contributed by atoms with E-state index in [1.807, 2.05) is 19.9 Å². The zero-order chi connectivity index (χ0) is 9.23. The number of hydrogen-bond donors (Lipinski definition) is 1. The Balaban J connectivity index is 0.000000561. The SMILES string of the molecule is CC.O=CCNCc1ccoc1. The highest BCUT2D eigenvalue weighted by molar-refractivity contribution is 5.51. The molecule has 0 fully saturated rings. The van der Waals surface area contributed by atoms with Gasteiger partial charge in [0.15, 0.2) is 0 Å². The first kappa shape index (κ1) is 10.9. The van der Waals surface area contributed by atoms with E-state index in [0.29, 0.717) is 13.1 Å². The fraction of sp³-hybridized carbons (Fsp3) is 0.444. The van der Waals surface area contributed by atoms with Gasteiger partial charge in [0, 0.05) is 12.1 Å². The maximum Gasteiger partial charge on any atom is 0.133 e. The summed E-state index contributed by atoms with van der Waals surface area (Å²) in [6.45, 7) is 5.08. The number of hydrogen-bond acceptors (Lipinski definition) is 3. The molecule has 0 aliphatic carbocycles. The lowest BCUT2D eigenvalue weighted by molar-refractivity contribution is -0.107. The maximum absolute atomic E-state index is 9.85. The number of rotatable bonds is 4. The Hall–Kier alpha value is -1.09. The fourth-order valence-electron chi connectivity index (χ4n) is 0.669. The van der Waals surface area contributed by atoms with Crippen LogP contribution in [0.15, 0.2) is 23.0 Å². The number of nitrogens with one attached hydrogen (secondary N) is 1. The fourth-order valence-corrected chi connectivity index (χ4v) is 0.669. The Morgan fingerprint density at radius 1 is 1.58 bits per heavy atom. The molecule has 0 bridgehead atoms. The number of aldehydes is 1. The third kappa shape index (κ3) is 4.68. The highest BCUT2D eigenvalue weighted by Gasteiger charge is 1.90. The molecule has 68 valence electrons. The van der Waals surface area contributed by atoms with Crippen molar-refractivity contribution in [3.63, 3.8) is 0 Å². The van der Waals surface area contributed by atoms with Crippen LogP contribution in [-0.4, -0.2) is 12.8 Å². The lowest BCUT2D eigenvalue weighted by atomic mass is 10.3. The molecule has 0 spiro atoms. The van der Waals surface area contributed by atoms with Crippen LogP contribution in [0.1, 0.15) is 19.4 Å². The Bertz CT molecular complexity index is 182. The van der Waals surface area contributed by atoms with E-state index >= 15 is 0 Å². The van der Waals surface area contributed by atoms with Crippen molar-refractivity contribution in [1.82, 2.24) is 5.32 Å². The van der Waals surface area contributed by atoms with Gasteiger partial charge in [-0.25, -0.2) is 0 Å². The van der Waals surface area contributed by atoms with E-state index < -0.39 is 0 Å². The van der Waals surface area contributed by atoms with Crippen LogP contribution in [0.2, 0.25) is 0 Å². The summed E-state index contributed by atoms with van der Waals surface area (Å²) < 4.78 is 4.82. The van der Waals surface area contributed by atoms with Gasteiger partial charge in [-0.3, -0.25) is 0 Å². The second kappa shape index (κ2) is 8.01. The largest absolute Gasteiger partial charge is 0.472 e. The summed E-state index contributed by atoms with van der Waals surface area (Å²) in [4.78, 5) is 9.85. The molecule has 1 heterocycles. The Morgan fingerprint density at radius 2 is 2.33 bits per heavy atom. The van der Waals surface area contributed by atoms with Gasteiger partial charge in [0.2, 0.25) is 0 Å². The van der Waals surface area contributed by atoms with Gasteiger partial charge in [0.1, 0.15) is 6.29 Å². The van der Waals surface area contributed by atoms with Crippen molar-refractivity contribution in [3.8, 4) is 0 Å². The molecule has 1 aromatic rings. The summed E-state index contributed by atoms with van der Waals surface area (Å²) in [5.74, 6) is 0. The zero-order valence-electron chi connectivity index (χ0n) is 7.54. The van der Waals surface area contributed by atoms with E-state index in [1.165, 1.54) is 0 Å². The van der Waals surface area contributed by atoms with Crippen LogP contribution in [0.4, 0.5) is 0 Å².